The van der Waals surface area contributed by atoms with Crippen molar-refractivity contribution in [1.29, 1.82) is 0 Å². The Bertz CT molecular complexity index is 748. The number of hydrogen-bond acceptors (Lipinski definition) is 6. The van der Waals surface area contributed by atoms with Crippen LogP contribution in [0.2, 0.25) is 5.02 Å². The van der Waals surface area contributed by atoms with E-state index >= 15 is 0 Å². The molecule has 0 radical (unpaired) electrons. The number of carbonyl (C=O) groups is 1. The fourth-order valence-corrected chi connectivity index (χ4v) is 3.63. The third-order valence-corrected chi connectivity index (χ3v) is 5.29. The Morgan fingerprint density at radius 1 is 1.37 bits per heavy atom. The summed E-state index contributed by atoms with van der Waals surface area (Å²) in [5, 5.41) is 11.6. The number of anilines is 1. The van der Waals surface area contributed by atoms with E-state index in [0.717, 1.165) is 50.5 Å². The zero-order valence-electron chi connectivity index (χ0n) is 15.6. The summed E-state index contributed by atoms with van der Waals surface area (Å²) in [5.74, 6) is 0.596. The summed E-state index contributed by atoms with van der Waals surface area (Å²) in [4.78, 5) is 16.6. The standard InChI is InChI=1S/C18H26ClN7O/c1-24(17(27)13-26-18(20)21-22-23-26)11-15-3-2-9-25(12-15)10-8-14-4-6-16(19)7-5-14/h4-7,15H,2-3,8-13H2,1H3,(H2,20,21,23). The van der Waals surface area contributed by atoms with Gasteiger partial charge < -0.3 is 15.5 Å². The first kappa shape index (κ1) is 19.6. The van der Waals surface area contributed by atoms with Crippen LogP contribution in [0.15, 0.2) is 24.3 Å². The first-order valence-electron chi connectivity index (χ1n) is 9.23. The van der Waals surface area contributed by atoms with Crippen LogP contribution >= 0.6 is 11.6 Å². The average Bonchev–Trinajstić information content (AvgIpc) is 3.06. The molecular weight excluding hydrogens is 366 g/mol. The van der Waals surface area contributed by atoms with Gasteiger partial charge in [0.05, 0.1) is 0 Å². The smallest absolute Gasteiger partial charge is 0.244 e. The topological polar surface area (TPSA) is 93.2 Å². The van der Waals surface area contributed by atoms with Crippen molar-refractivity contribution in [3.8, 4) is 0 Å². The number of tetrazole rings is 1. The maximum absolute atomic E-state index is 12.4. The molecule has 1 aromatic carbocycles. The predicted molar refractivity (Wildman–Crippen MR) is 104 cm³/mol. The second-order valence-electron chi connectivity index (χ2n) is 7.15. The molecule has 1 aliphatic rings. The van der Waals surface area contributed by atoms with Crippen LogP contribution in [-0.2, 0) is 17.8 Å². The van der Waals surface area contributed by atoms with E-state index in [2.05, 4.69) is 32.6 Å². The van der Waals surface area contributed by atoms with Crippen LogP contribution in [0.5, 0.6) is 0 Å². The van der Waals surface area contributed by atoms with Gasteiger partial charge in [-0.25, -0.2) is 4.68 Å². The number of benzene rings is 1. The lowest BCUT2D eigenvalue weighted by atomic mass is 9.97. The lowest BCUT2D eigenvalue weighted by molar-refractivity contribution is -0.131. The van der Waals surface area contributed by atoms with E-state index in [-0.39, 0.29) is 18.4 Å². The lowest BCUT2D eigenvalue weighted by Crippen LogP contribution is -2.43. The number of rotatable bonds is 7. The van der Waals surface area contributed by atoms with E-state index in [1.165, 1.54) is 10.2 Å². The highest BCUT2D eigenvalue weighted by Crippen LogP contribution is 2.18. The zero-order chi connectivity index (χ0) is 19.2. The Morgan fingerprint density at radius 2 is 2.15 bits per heavy atom. The van der Waals surface area contributed by atoms with Gasteiger partial charge in [0.2, 0.25) is 11.9 Å². The number of likely N-dealkylation sites (tertiary alicyclic amines) is 1. The van der Waals surface area contributed by atoms with Gasteiger partial charge in [0, 0.05) is 31.7 Å². The molecule has 2 aromatic rings. The molecule has 0 saturated carbocycles. The van der Waals surface area contributed by atoms with Gasteiger partial charge >= 0.3 is 0 Å². The van der Waals surface area contributed by atoms with Gasteiger partial charge in [0.15, 0.2) is 0 Å². The van der Waals surface area contributed by atoms with Crippen LogP contribution in [0, 0.1) is 5.92 Å². The van der Waals surface area contributed by atoms with Gasteiger partial charge in [-0.15, -0.1) is 0 Å². The van der Waals surface area contributed by atoms with Gasteiger partial charge in [-0.05, 0) is 59.8 Å². The molecule has 0 aliphatic carbocycles. The van der Waals surface area contributed by atoms with Crippen LogP contribution in [0.4, 0.5) is 5.95 Å². The first-order chi connectivity index (χ1) is 13.0. The Kier molecular flexibility index (Phi) is 6.63. The monoisotopic (exact) mass is 391 g/mol. The van der Waals surface area contributed by atoms with Gasteiger partial charge in [-0.2, -0.15) is 0 Å². The van der Waals surface area contributed by atoms with Crippen molar-refractivity contribution in [2.24, 2.45) is 5.92 Å². The average molecular weight is 392 g/mol. The van der Waals surface area contributed by atoms with Crippen LogP contribution in [-0.4, -0.2) is 69.1 Å². The summed E-state index contributed by atoms with van der Waals surface area (Å²) in [6.07, 6.45) is 3.31. The summed E-state index contributed by atoms with van der Waals surface area (Å²) < 4.78 is 1.32. The minimum absolute atomic E-state index is 0.0349. The van der Waals surface area contributed by atoms with E-state index in [4.69, 9.17) is 17.3 Å². The van der Waals surface area contributed by atoms with E-state index in [1.807, 2.05) is 19.2 Å². The van der Waals surface area contributed by atoms with Gasteiger partial charge in [-0.3, -0.25) is 4.79 Å². The molecule has 1 unspecified atom stereocenters. The fraction of sp³-hybridized carbons (Fsp3) is 0.556. The molecule has 9 heteroatoms. The molecule has 1 amide bonds. The molecule has 2 N–H and O–H groups in total. The number of halogens is 1. The number of nitrogens with zero attached hydrogens (tertiary/aromatic N) is 6. The van der Waals surface area contributed by atoms with E-state index in [0.29, 0.717) is 5.92 Å². The lowest BCUT2D eigenvalue weighted by Gasteiger charge is -2.34. The maximum Gasteiger partial charge on any atom is 0.244 e. The number of aromatic nitrogens is 4. The molecule has 2 heterocycles. The Labute approximate surface area is 164 Å². The molecule has 8 nitrogen and oxygen atoms in total. The highest BCUT2D eigenvalue weighted by Gasteiger charge is 2.23. The van der Waals surface area contributed by atoms with E-state index in [9.17, 15) is 4.79 Å². The number of nitrogens with two attached hydrogens (primary N) is 1. The van der Waals surface area contributed by atoms with Crippen molar-refractivity contribution < 1.29 is 4.79 Å². The van der Waals surface area contributed by atoms with Crippen LogP contribution < -0.4 is 5.73 Å². The SMILES string of the molecule is CN(CC1CCCN(CCc2ccc(Cl)cc2)C1)C(=O)Cn1nnnc1N. The molecule has 0 bridgehead atoms. The van der Waals surface area contributed by atoms with Crippen molar-refractivity contribution in [2.75, 3.05) is 39.0 Å². The Morgan fingerprint density at radius 3 is 2.85 bits per heavy atom. The Hall–Kier alpha value is -2.19. The number of amides is 1. The van der Waals surface area contributed by atoms with E-state index < -0.39 is 0 Å². The second kappa shape index (κ2) is 9.14. The molecule has 3 rings (SSSR count). The molecule has 0 spiro atoms. The number of carbonyl (C=O) groups excluding carboxylic acids is 1. The number of nitrogen functional groups attached to an aromatic ring is 1. The first-order valence-corrected chi connectivity index (χ1v) is 9.61. The highest BCUT2D eigenvalue weighted by atomic mass is 35.5. The van der Waals surface area contributed by atoms with Crippen molar-refractivity contribution in [2.45, 2.75) is 25.8 Å². The van der Waals surface area contributed by atoms with Gasteiger partial charge in [0.1, 0.15) is 6.54 Å². The third-order valence-electron chi connectivity index (χ3n) is 5.04. The number of piperidine rings is 1. The minimum atomic E-state index is -0.0349. The molecule has 1 saturated heterocycles. The highest BCUT2D eigenvalue weighted by molar-refractivity contribution is 6.30. The van der Waals surface area contributed by atoms with Crippen molar-refractivity contribution in [3.63, 3.8) is 0 Å². The quantitative estimate of drug-likeness (QED) is 0.765. The molecule has 1 fully saturated rings. The van der Waals surface area contributed by atoms with E-state index in [1.54, 1.807) is 4.90 Å². The normalized spacial score (nSPS) is 17.8. The molecule has 1 aliphatic heterocycles. The fourth-order valence-electron chi connectivity index (χ4n) is 3.50. The molecule has 27 heavy (non-hydrogen) atoms. The second-order valence-corrected chi connectivity index (χ2v) is 7.59. The zero-order valence-corrected chi connectivity index (χ0v) is 16.3. The largest absolute Gasteiger partial charge is 0.367 e. The molecular formula is C18H26ClN7O. The van der Waals surface area contributed by atoms with Crippen molar-refractivity contribution in [1.82, 2.24) is 30.0 Å². The predicted octanol–water partition coefficient (Wildman–Crippen LogP) is 1.32. The van der Waals surface area contributed by atoms with Crippen LogP contribution in [0.1, 0.15) is 18.4 Å². The minimum Gasteiger partial charge on any atom is -0.367 e. The summed E-state index contributed by atoms with van der Waals surface area (Å²) in [6.45, 7) is 3.96. The van der Waals surface area contributed by atoms with Crippen LogP contribution in [0.25, 0.3) is 0 Å². The summed E-state index contributed by atoms with van der Waals surface area (Å²) in [6, 6.07) is 8.05. The molecule has 1 atom stereocenters. The molecule has 1 aromatic heterocycles. The summed E-state index contributed by atoms with van der Waals surface area (Å²) >= 11 is 5.94. The van der Waals surface area contributed by atoms with Gasteiger partial charge in [-0.1, -0.05) is 28.8 Å². The summed E-state index contributed by atoms with van der Waals surface area (Å²) in [5.41, 5.74) is 6.92. The Balaban J connectivity index is 1.45. The van der Waals surface area contributed by atoms with Crippen molar-refractivity contribution in [3.05, 3.63) is 34.9 Å². The number of likely N-dealkylation sites (N-methyl/N-ethyl adjacent to an activating group) is 1. The molecule has 146 valence electrons. The summed E-state index contributed by atoms with van der Waals surface area (Å²) in [7, 11) is 1.83. The van der Waals surface area contributed by atoms with Crippen molar-refractivity contribution >= 4 is 23.5 Å². The van der Waals surface area contributed by atoms with Gasteiger partial charge in [0.25, 0.3) is 0 Å². The third kappa shape index (κ3) is 5.64. The maximum atomic E-state index is 12.4. The number of hydrogen-bond donors (Lipinski definition) is 1. The van der Waals surface area contributed by atoms with Crippen LogP contribution in [0.3, 0.4) is 0 Å².